The van der Waals surface area contributed by atoms with Gasteiger partial charge in [0, 0.05) is 24.4 Å². The van der Waals surface area contributed by atoms with Gasteiger partial charge in [-0.3, -0.25) is 4.79 Å². The van der Waals surface area contributed by atoms with E-state index in [4.69, 9.17) is 20.8 Å². The molecule has 1 aromatic heterocycles. The van der Waals surface area contributed by atoms with Gasteiger partial charge in [-0.25, -0.2) is 0 Å². The molecule has 2 aromatic rings. The van der Waals surface area contributed by atoms with Crippen LogP contribution in [0.4, 0.5) is 0 Å². The van der Waals surface area contributed by atoms with E-state index in [1.165, 1.54) is 0 Å². The van der Waals surface area contributed by atoms with Gasteiger partial charge in [0.2, 0.25) is 0 Å². The number of aryl methyl sites for hydroxylation is 1. The van der Waals surface area contributed by atoms with Crippen LogP contribution >= 0.6 is 11.6 Å². The van der Waals surface area contributed by atoms with Crippen molar-refractivity contribution in [3.05, 3.63) is 35.6 Å². The number of carbonyl (C=O) groups excluding carboxylic acids is 1. The standard InChI is InChI=1S/C15H18ClNO3/c1-11-3-4-13-12(9-11)10-14(20-13)15(18)17-6-2-7-19-8-5-16/h3-4,9-10H,2,5-8H2,1H3,(H,17,18). The van der Waals surface area contributed by atoms with E-state index in [2.05, 4.69) is 5.32 Å². The smallest absolute Gasteiger partial charge is 0.287 e. The SMILES string of the molecule is Cc1ccc2oc(C(=O)NCCCOCCCl)cc2c1. The molecule has 0 bridgehead atoms. The maximum Gasteiger partial charge on any atom is 0.287 e. The third-order valence-electron chi connectivity index (χ3n) is 2.87. The van der Waals surface area contributed by atoms with E-state index in [9.17, 15) is 4.79 Å². The highest BCUT2D eigenvalue weighted by atomic mass is 35.5. The van der Waals surface area contributed by atoms with Crippen LogP contribution < -0.4 is 5.32 Å². The summed E-state index contributed by atoms with van der Waals surface area (Å²) >= 11 is 5.49. The number of nitrogens with one attached hydrogen (secondary N) is 1. The minimum absolute atomic E-state index is 0.198. The van der Waals surface area contributed by atoms with Gasteiger partial charge in [0.05, 0.1) is 6.61 Å². The van der Waals surface area contributed by atoms with Crippen LogP contribution in [-0.2, 0) is 4.74 Å². The van der Waals surface area contributed by atoms with Gasteiger partial charge in [0.15, 0.2) is 5.76 Å². The van der Waals surface area contributed by atoms with E-state index in [-0.39, 0.29) is 5.91 Å². The highest BCUT2D eigenvalue weighted by Gasteiger charge is 2.11. The number of alkyl halides is 1. The number of carbonyl (C=O) groups is 1. The lowest BCUT2D eigenvalue weighted by Crippen LogP contribution is -2.24. The number of hydrogen-bond acceptors (Lipinski definition) is 3. The first-order valence-corrected chi connectivity index (χ1v) is 7.16. The van der Waals surface area contributed by atoms with E-state index in [1.54, 1.807) is 6.07 Å². The lowest BCUT2D eigenvalue weighted by atomic mass is 10.2. The molecule has 1 amide bonds. The molecule has 0 fully saturated rings. The maximum absolute atomic E-state index is 11.9. The zero-order valence-electron chi connectivity index (χ0n) is 11.4. The van der Waals surface area contributed by atoms with Gasteiger partial charge < -0.3 is 14.5 Å². The average Bonchev–Trinajstić information content (AvgIpc) is 2.85. The topological polar surface area (TPSA) is 51.5 Å². The summed E-state index contributed by atoms with van der Waals surface area (Å²) < 4.78 is 10.7. The minimum atomic E-state index is -0.198. The van der Waals surface area contributed by atoms with Crippen LogP contribution in [0.25, 0.3) is 11.0 Å². The van der Waals surface area contributed by atoms with Crippen molar-refractivity contribution in [1.29, 1.82) is 0 Å². The molecule has 0 atom stereocenters. The van der Waals surface area contributed by atoms with Crippen LogP contribution in [0.5, 0.6) is 0 Å². The van der Waals surface area contributed by atoms with Gasteiger partial charge in [0.25, 0.3) is 5.91 Å². The van der Waals surface area contributed by atoms with Crippen LogP contribution in [0.1, 0.15) is 22.5 Å². The summed E-state index contributed by atoms with van der Waals surface area (Å²) in [5, 5.41) is 3.75. The van der Waals surface area contributed by atoms with Gasteiger partial charge in [-0.15, -0.1) is 11.6 Å². The molecule has 0 saturated carbocycles. The fraction of sp³-hybridized carbons (Fsp3) is 0.400. The van der Waals surface area contributed by atoms with E-state index >= 15 is 0 Å². The molecule has 0 radical (unpaired) electrons. The number of halogens is 1. The molecule has 0 aliphatic heterocycles. The molecule has 2 rings (SSSR count). The molecule has 4 nitrogen and oxygen atoms in total. The zero-order chi connectivity index (χ0) is 14.4. The summed E-state index contributed by atoms with van der Waals surface area (Å²) in [6.07, 6.45) is 0.752. The van der Waals surface area contributed by atoms with Gasteiger partial charge in [-0.2, -0.15) is 0 Å². The minimum Gasteiger partial charge on any atom is -0.451 e. The summed E-state index contributed by atoms with van der Waals surface area (Å²) in [5.74, 6) is 0.633. The Morgan fingerprint density at radius 3 is 3.00 bits per heavy atom. The maximum atomic E-state index is 11.9. The van der Waals surface area contributed by atoms with Crippen molar-refractivity contribution in [1.82, 2.24) is 5.32 Å². The number of amides is 1. The molecular formula is C15H18ClNO3. The quantitative estimate of drug-likeness (QED) is 0.631. The molecule has 0 unspecified atom stereocenters. The Bertz CT molecular complexity index is 580. The second kappa shape index (κ2) is 7.31. The van der Waals surface area contributed by atoms with Crippen molar-refractivity contribution in [2.75, 3.05) is 25.6 Å². The second-order valence-electron chi connectivity index (χ2n) is 4.56. The van der Waals surface area contributed by atoms with E-state index < -0.39 is 0 Å². The first-order chi connectivity index (χ1) is 9.70. The van der Waals surface area contributed by atoms with Crippen molar-refractivity contribution < 1.29 is 13.9 Å². The summed E-state index contributed by atoms with van der Waals surface area (Å²) in [6, 6.07) is 7.60. The van der Waals surface area contributed by atoms with E-state index in [0.717, 1.165) is 23.0 Å². The number of hydrogen-bond donors (Lipinski definition) is 1. The molecule has 1 aromatic carbocycles. The highest BCUT2D eigenvalue weighted by molar-refractivity contribution is 6.17. The Hall–Kier alpha value is -1.52. The Labute approximate surface area is 123 Å². The zero-order valence-corrected chi connectivity index (χ0v) is 12.2. The number of benzene rings is 1. The van der Waals surface area contributed by atoms with Crippen molar-refractivity contribution >= 4 is 28.5 Å². The second-order valence-corrected chi connectivity index (χ2v) is 4.94. The monoisotopic (exact) mass is 295 g/mol. The number of ether oxygens (including phenoxy) is 1. The number of furan rings is 1. The third kappa shape index (κ3) is 3.99. The van der Waals surface area contributed by atoms with Crippen LogP contribution in [0, 0.1) is 6.92 Å². The molecular weight excluding hydrogens is 278 g/mol. The molecule has 0 spiro atoms. The lowest BCUT2D eigenvalue weighted by molar-refractivity contribution is 0.0919. The predicted octanol–water partition coefficient (Wildman–Crippen LogP) is 3.12. The highest BCUT2D eigenvalue weighted by Crippen LogP contribution is 2.20. The van der Waals surface area contributed by atoms with Gasteiger partial charge >= 0.3 is 0 Å². The molecule has 0 aliphatic rings. The van der Waals surface area contributed by atoms with Crippen LogP contribution in [0.2, 0.25) is 0 Å². The Morgan fingerprint density at radius 1 is 1.35 bits per heavy atom. The summed E-state index contributed by atoms with van der Waals surface area (Å²) in [5.41, 5.74) is 1.87. The molecule has 20 heavy (non-hydrogen) atoms. The molecule has 1 N–H and O–H groups in total. The van der Waals surface area contributed by atoms with Gasteiger partial charge in [0.1, 0.15) is 5.58 Å². The van der Waals surface area contributed by atoms with Crippen molar-refractivity contribution in [3.63, 3.8) is 0 Å². The van der Waals surface area contributed by atoms with Gasteiger partial charge in [-0.1, -0.05) is 11.6 Å². The summed E-state index contributed by atoms with van der Waals surface area (Å²) in [6.45, 7) is 3.69. The first kappa shape index (κ1) is 14.9. The van der Waals surface area contributed by atoms with E-state index in [1.807, 2.05) is 25.1 Å². The average molecular weight is 296 g/mol. The number of rotatable bonds is 7. The third-order valence-corrected chi connectivity index (χ3v) is 3.02. The predicted molar refractivity (Wildman–Crippen MR) is 79.4 cm³/mol. The lowest BCUT2D eigenvalue weighted by Gasteiger charge is -2.03. The van der Waals surface area contributed by atoms with Crippen molar-refractivity contribution in [2.45, 2.75) is 13.3 Å². The first-order valence-electron chi connectivity index (χ1n) is 6.63. The Kier molecular flexibility index (Phi) is 5.44. The Balaban J connectivity index is 1.85. The van der Waals surface area contributed by atoms with Crippen molar-refractivity contribution in [3.8, 4) is 0 Å². The molecule has 0 aliphatic carbocycles. The van der Waals surface area contributed by atoms with Crippen LogP contribution in [-0.4, -0.2) is 31.5 Å². The number of fused-ring (bicyclic) bond motifs is 1. The van der Waals surface area contributed by atoms with Crippen LogP contribution in [0.3, 0.4) is 0 Å². The largest absolute Gasteiger partial charge is 0.451 e. The summed E-state index contributed by atoms with van der Waals surface area (Å²) in [4.78, 5) is 11.9. The molecule has 108 valence electrons. The van der Waals surface area contributed by atoms with Crippen LogP contribution in [0.15, 0.2) is 28.7 Å². The van der Waals surface area contributed by atoms with Gasteiger partial charge in [-0.05, 0) is 31.5 Å². The fourth-order valence-electron chi connectivity index (χ4n) is 1.89. The normalized spacial score (nSPS) is 10.9. The summed E-state index contributed by atoms with van der Waals surface area (Å²) in [7, 11) is 0. The Morgan fingerprint density at radius 2 is 2.20 bits per heavy atom. The fourth-order valence-corrected chi connectivity index (χ4v) is 2.00. The van der Waals surface area contributed by atoms with E-state index in [0.29, 0.717) is 31.4 Å². The molecule has 0 saturated heterocycles. The molecule has 5 heteroatoms. The molecule has 1 heterocycles. The van der Waals surface area contributed by atoms with Crippen molar-refractivity contribution in [2.24, 2.45) is 0 Å².